The van der Waals surface area contributed by atoms with Gasteiger partial charge < -0.3 is 15.4 Å². The highest BCUT2D eigenvalue weighted by Crippen LogP contribution is 2.28. The highest BCUT2D eigenvalue weighted by molar-refractivity contribution is 14.0. The Morgan fingerprint density at radius 3 is 2.74 bits per heavy atom. The molecule has 1 aliphatic rings. The molecule has 0 aliphatic heterocycles. The molecule has 0 amide bonds. The maximum Gasteiger partial charge on any atom is 0.191 e. The maximum absolute atomic E-state index is 5.64. The smallest absolute Gasteiger partial charge is 0.191 e. The van der Waals surface area contributed by atoms with Gasteiger partial charge in [0.25, 0.3) is 0 Å². The van der Waals surface area contributed by atoms with Crippen LogP contribution in [0.25, 0.3) is 0 Å². The topological polar surface area (TPSA) is 58.5 Å². The summed E-state index contributed by atoms with van der Waals surface area (Å²) in [5.41, 5.74) is 1.11. The molecule has 0 radical (unpaired) electrons. The molecule has 1 aromatic rings. The Bertz CT molecular complexity index is 469. The van der Waals surface area contributed by atoms with Crippen LogP contribution in [-0.2, 0) is 11.3 Å². The Balaban J connectivity index is 0.00000264. The summed E-state index contributed by atoms with van der Waals surface area (Å²) < 4.78 is 5.64. The molecule has 2 rings (SSSR count). The summed E-state index contributed by atoms with van der Waals surface area (Å²) in [6.07, 6.45) is 3.71. The first-order valence-electron chi connectivity index (χ1n) is 8.22. The van der Waals surface area contributed by atoms with Crippen molar-refractivity contribution in [2.45, 2.75) is 46.6 Å². The maximum atomic E-state index is 5.64. The monoisotopic (exact) mass is 452 g/mol. The summed E-state index contributed by atoms with van der Waals surface area (Å²) in [6, 6.07) is 0. The molecule has 5 nitrogen and oxygen atoms in total. The number of aromatic nitrogens is 1. The van der Waals surface area contributed by atoms with Gasteiger partial charge in [0, 0.05) is 31.2 Å². The molecule has 0 aromatic carbocycles. The molecule has 1 aliphatic carbocycles. The molecule has 23 heavy (non-hydrogen) atoms. The molecule has 0 saturated heterocycles. The Morgan fingerprint density at radius 2 is 2.13 bits per heavy atom. The first kappa shape index (κ1) is 20.6. The Labute approximate surface area is 160 Å². The SMILES string of the molecule is CCNC(=NCc1nc(C)c(C)s1)NCCCOCC1CC1.I. The van der Waals surface area contributed by atoms with E-state index in [1.807, 2.05) is 6.92 Å². The quantitative estimate of drug-likeness (QED) is 0.262. The van der Waals surface area contributed by atoms with Crippen molar-refractivity contribution in [3.63, 3.8) is 0 Å². The van der Waals surface area contributed by atoms with Crippen molar-refractivity contribution >= 4 is 41.3 Å². The number of aliphatic imine (C=N–C) groups is 1. The largest absolute Gasteiger partial charge is 0.381 e. The van der Waals surface area contributed by atoms with Gasteiger partial charge in [0.2, 0.25) is 0 Å². The van der Waals surface area contributed by atoms with E-state index in [2.05, 4.69) is 34.5 Å². The Kier molecular flexibility index (Phi) is 10.0. The second-order valence-corrected chi connectivity index (χ2v) is 7.03. The minimum Gasteiger partial charge on any atom is -0.381 e. The molecule has 1 fully saturated rings. The summed E-state index contributed by atoms with van der Waals surface area (Å²) in [5.74, 6) is 1.70. The molecule has 2 N–H and O–H groups in total. The number of hydrogen-bond donors (Lipinski definition) is 2. The fourth-order valence-corrected chi connectivity index (χ4v) is 2.87. The number of hydrogen-bond acceptors (Lipinski definition) is 4. The minimum atomic E-state index is 0. The number of aryl methyl sites for hydroxylation is 2. The van der Waals surface area contributed by atoms with Gasteiger partial charge in [-0.25, -0.2) is 9.98 Å². The van der Waals surface area contributed by atoms with Crippen molar-refractivity contribution in [3.05, 3.63) is 15.6 Å². The second kappa shape index (κ2) is 11.2. The molecule has 132 valence electrons. The van der Waals surface area contributed by atoms with Crippen molar-refractivity contribution in [1.29, 1.82) is 0 Å². The van der Waals surface area contributed by atoms with E-state index in [9.17, 15) is 0 Å². The summed E-state index contributed by atoms with van der Waals surface area (Å²) in [5, 5.41) is 7.69. The van der Waals surface area contributed by atoms with Crippen LogP contribution in [0.3, 0.4) is 0 Å². The highest BCUT2D eigenvalue weighted by atomic mass is 127. The normalized spacial score (nSPS) is 14.5. The van der Waals surface area contributed by atoms with Crippen LogP contribution < -0.4 is 10.6 Å². The number of nitrogens with one attached hydrogen (secondary N) is 2. The third-order valence-corrected chi connectivity index (χ3v) is 4.66. The Hall–Kier alpha value is -0.410. The van der Waals surface area contributed by atoms with Gasteiger partial charge in [-0.3, -0.25) is 0 Å². The minimum absolute atomic E-state index is 0. The molecule has 1 aromatic heterocycles. The molecule has 0 spiro atoms. The standard InChI is InChI=1S/C16H28N4OS.HI/c1-4-17-16(18-8-5-9-21-11-14-6-7-14)19-10-15-20-12(2)13(3)22-15;/h14H,4-11H2,1-3H3,(H2,17,18,19);1H. The van der Waals surface area contributed by atoms with Crippen molar-refractivity contribution in [2.75, 3.05) is 26.3 Å². The summed E-state index contributed by atoms with van der Waals surface area (Å²) in [6.45, 7) is 10.4. The number of rotatable bonds is 9. The average molecular weight is 452 g/mol. The van der Waals surface area contributed by atoms with Crippen molar-refractivity contribution in [1.82, 2.24) is 15.6 Å². The van der Waals surface area contributed by atoms with Gasteiger partial charge in [-0.1, -0.05) is 0 Å². The van der Waals surface area contributed by atoms with Crippen LogP contribution in [0.15, 0.2) is 4.99 Å². The van der Waals surface area contributed by atoms with Gasteiger partial charge in [0.15, 0.2) is 5.96 Å². The molecule has 1 saturated carbocycles. The zero-order valence-corrected chi connectivity index (χ0v) is 17.5. The first-order valence-corrected chi connectivity index (χ1v) is 9.03. The van der Waals surface area contributed by atoms with Crippen LogP contribution in [-0.4, -0.2) is 37.2 Å². The number of guanidine groups is 1. The zero-order chi connectivity index (χ0) is 15.8. The van der Waals surface area contributed by atoms with Crippen LogP contribution in [0.5, 0.6) is 0 Å². The van der Waals surface area contributed by atoms with Crippen molar-refractivity contribution < 1.29 is 4.74 Å². The van der Waals surface area contributed by atoms with E-state index >= 15 is 0 Å². The average Bonchev–Trinajstić information content (AvgIpc) is 3.26. The van der Waals surface area contributed by atoms with Crippen LogP contribution >= 0.6 is 35.3 Å². The van der Waals surface area contributed by atoms with E-state index in [0.717, 1.165) is 55.3 Å². The van der Waals surface area contributed by atoms with Crippen molar-refractivity contribution in [2.24, 2.45) is 10.9 Å². The van der Waals surface area contributed by atoms with E-state index in [-0.39, 0.29) is 24.0 Å². The predicted octanol–water partition coefficient (Wildman–Crippen LogP) is 3.25. The van der Waals surface area contributed by atoms with Gasteiger partial charge in [0.05, 0.1) is 12.2 Å². The zero-order valence-electron chi connectivity index (χ0n) is 14.4. The van der Waals surface area contributed by atoms with Crippen molar-refractivity contribution in [3.8, 4) is 0 Å². The second-order valence-electron chi connectivity index (χ2n) is 5.74. The van der Waals surface area contributed by atoms with Gasteiger partial charge in [-0.05, 0) is 46.0 Å². The number of thiazole rings is 1. The van der Waals surface area contributed by atoms with Gasteiger partial charge in [0.1, 0.15) is 5.01 Å². The molecular weight excluding hydrogens is 423 g/mol. The van der Waals surface area contributed by atoms with Gasteiger partial charge in [-0.2, -0.15) is 0 Å². The molecule has 0 bridgehead atoms. The first-order chi connectivity index (χ1) is 10.7. The summed E-state index contributed by atoms with van der Waals surface area (Å²) in [7, 11) is 0. The number of nitrogens with zero attached hydrogens (tertiary/aromatic N) is 2. The molecule has 1 heterocycles. The number of ether oxygens (including phenoxy) is 1. The van der Waals surface area contributed by atoms with E-state index < -0.39 is 0 Å². The van der Waals surface area contributed by atoms with Gasteiger partial charge >= 0.3 is 0 Å². The third-order valence-electron chi connectivity index (χ3n) is 3.60. The molecule has 0 atom stereocenters. The summed E-state index contributed by atoms with van der Waals surface area (Å²) >= 11 is 1.72. The Morgan fingerprint density at radius 1 is 1.35 bits per heavy atom. The lowest BCUT2D eigenvalue weighted by Gasteiger charge is -2.11. The number of halogens is 1. The molecular formula is C16H29IN4OS. The lowest BCUT2D eigenvalue weighted by molar-refractivity contribution is 0.123. The van der Waals surface area contributed by atoms with E-state index in [1.54, 1.807) is 11.3 Å². The lowest BCUT2D eigenvalue weighted by atomic mass is 10.4. The summed E-state index contributed by atoms with van der Waals surface area (Å²) in [4.78, 5) is 10.4. The third kappa shape index (κ3) is 8.30. The predicted molar refractivity (Wildman–Crippen MR) is 108 cm³/mol. The van der Waals surface area contributed by atoms with E-state index in [1.165, 1.54) is 17.7 Å². The highest BCUT2D eigenvalue weighted by Gasteiger charge is 2.20. The van der Waals surface area contributed by atoms with Crippen LogP contribution in [0.1, 0.15) is 41.8 Å². The van der Waals surface area contributed by atoms with Crippen LogP contribution in [0, 0.1) is 19.8 Å². The lowest BCUT2D eigenvalue weighted by Crippen LogP contribution is -2.38. The fraction of sp³-hybridized carbons (Fsp3) is 0.750. The molecule has 7 heteroatoms. The fourth-order valence-electron chi connectivity index (χ4n) is 2.01. The van der Waals surface area contributed by atoms with Crippen LogP contribution in [0.2, 0.25) is 0 Å². The van der Waals surface area contributed by atoms with E-state index in [0.29, 0.717) is 6.54 Å². The van der Waals surface area contributed by atoms with E-state index in [4.69, 9.17) is 4.74 Å². The van der Waals surface area contributed by atoms with Crippen LogP contribution in [0.4, 0.5) is 0 Å². The van der Waals surface area contributed by atoms with Gasteiger partial charge in [-0.15, -0.1) is 35.3 Å². The molecule has 0 unspecified atom stereocenters.